The number of hydrogen-bond donors (Lipinski definition) is 1. The molecule has 4 nitrogen and oxygen atoms in total. The maximum atomic E-state index is 12.7. The van der Waals surface area contributed by atoms with Crippen LogP contribution in [0, 0.1) is 5.92 Å². The molecule has 3 aromatic heterocycles. The molecular formula is C18H21N3OS2. The Labute approximate surface area is 149 Å². The van der Waals surface area contributed by atoms with Crippen LogP contribution in [-0.4, -0.2) is 28.0 Å². The zero-order valence-electron chi connectivity index (χ0n) is 13.9. The second-order valence-electron chi connectivity index (χ2n) is 6.65. The number of fused-ring (bicyclic) bond motifs is 1. The van der Waals surface area contributed by atoms with Crippen molar-refractivity contribution in [3.05, 3.63) is 39.1 Å². The summed E-state index contributed by atoms with van der Waals surface area (Å²) < 4.78 is 0. The molecule has 1 fully saturated rings. The number of aromatic amines is 1. The fraction of sp³-hybridized carbons (Fsp3) is 0.444. The average Bonchev–Trinajstić information content (AvgIpc) is 3.24. The highest BCUT2D eigenvalue weighted by Gasteiger charge is 2.24. The molecule has 1 N–H and O–H groups in total. The van der Waals surface area contributed by atoms with Crippen molar-refractivity contribution in [3.8, 4) is 10.4 Å². The number of likely N-dealkylation sites (tertiary alicyclic amines) is 1. The van der Waals surface area contributed by atoms with Crippen LogP contribution in [0.5, 0.6) is 0 Å². The molecule has 0 spiro atoms. The van der Waals surface area contributed by atoms with Crippen LogP contribution in [-0.2, 0) is 0 Å². The lowest BCUT2D eigenvalue weighted by atomic mass is 9.98. The first-order chi connectivity index (χ1) is 11.6. The molecule has 0 aromatic carbocycles. The molecular weight excluding hydrogens is 338 g/mol. The molecule has 0 aliphatic carbocycles. The first kappa shape index (κ1) is 16.0. The van der Waals surface area contributed by atoms with Crippen molar-refractivity contribution in [1.82, 2.24) is 14.9 Å². The van der Waals surface area contributed by atoms with Gasteiger partial charge in [0, 0.05) is 15.8 Å². The first-order valence-corrected chi connectivity index (χ1v) is 10.2. The van der Waals surface area contributed by atoms with Crippen LogP contribution in [0.3, 0.4) is 0 Å². The van der Waals surface area contributed by atoms with Crippen LogP contribution in [0.4, 0.5) is 0 Å². The Morgan fingerprint density at radius 1 is 1.33 bits per heavy atom. The van der Waals surface area contributed by atoms with E-state index in [1.807, 2.05) is 11.4 Å². The quantitative estimate of drug-likeness (QED) is 0.749. The van der Waals surface area contributed by atoms with Gasteiger partial charge in [-0.15, -0.1) is 22.7 Å². The van der Waals surface area contributed by atoms with E-state index in [1.165, 1.54) is 12.8 Å². The molecule has 0 bridgehead atoms. The summed E-state index contributed by atoms with van der Waals surface area (Å²) in [4.78, 5) is 24.9. The van der Waals surface area contributed by atoms with Crippen molar-refractivity contribution in [2.45, 2.75) is 32.7 Å². The summed E-state index contributed by atoms with van der Waals surface area (Å²) in [6, 6.07) is 4.22. The molecule has 4 rings (SSSR count). The van der Waals surface area contributed by atoms with E-state index in [0.29, 0.717) is 0 Å². The molecule has 126 valence electrons. The van der Waals surface area contributed by atoms with Gasteiger partial charge in [0.2, 0.25) is 0 Å². The number of hydrogen-bond acceptors (Lipinski definition) is 5. The van der Waals surface area contributed by atoms with E-state index in [-0.39, 0.29) is 11.6 Å². The number of rotatable bonds is 3. The Kier molecular flexibility index (Phi) is 4.28. The Morgan fingerprint density at radius 2 is 2.12 bits per heavy atom. The second kappa shape index (κ2) is 6.43. The number of piperidine rings is 1. The lowest BCUT2D eigenvalue weighted by Gasteiger charge is -2.34. The van der Waals surface area contributed by atoms with Crippen molar-refractivity contribution >= 4 is 32.9 Å². The molecule has 0 saturated carbocycles. The first-order valence-electron chi connectivity index (χ1n) is 8.43. The molecule has 4 heterocycles. The van der Waals surface area contributed by atoms with Gasteiger partial charge in [-0.05, 0) is 50.2 Å². The third kappa shape index (κ3) is 2.83. The molecule has 0 radical (unpaired) electrons. The number of aromatic nitrogens is 2. The number of thiophene rings is 2. The summed E-state index contributed by atoms with van der Waals surface area (Å²) >= 11 is 3.22. The largest absolute Gasteiger partial charge is 0.309 e. The average molecular weight is 360 g/mol. The maximum Gasteiger partial charge on any atom is 0.260 e. The zero-order chi connectivity index (χ0) is 16.7. The summed E-state index contributed by atoms with van der Waals surface area (Å²) in [6.07, 6.45) is 2.44. The van der Waals surface area contributed by atoms with Crippen LogP contribution in [0.1, 0.15) is 38.6 Å². The van der Waals surface area contributed by atoms with E-state index >= 15 is 0 Å². The maximum absolute atomic E-state index is 12.7. The topological polar surface area (TPSA) is 49.0 Å². The zero-order valence-corrected chi connectivity index (χ0v) is 15.5. The molecule has 1 atom stereocenters. The van der Waals surface area contributed by atoms with Crippen molar-refractivity contribution in [3.63, 3.8) is 0 Å². The molecule has 24 heavy (non-hydrogen) atoms. The summed E-state index contributed by atoms with van der Waals surface area (Å²) in [5.74, 6) is 1.59. The summed E-state index contributed by atoms with van der Waals surface area (Å²) in [7, 11) is 0. The van der Waals surface area contributed by atoms with Crippen LogP contribution in [0.2, 0.25) is 0 Å². The van der Waals surface area contributed by atoms with Crippen molar-refractivity contribution in [2.75, 3.05) is 13.1 Å². The summed E-state index contributed by atoms with van der Waals surface area (Å²) in [5, 5.41) is 4.81. The highest BCUT2D eigenvalue weighted by Crippen LogP contribution is 2.34. The van der Waals surface area contributed by atoms with E-state index in [9.17, 15) is 4.79 Å². The second-order valence-corrected chi connectivity index (χ2v) is 8.46. The smallest absolute Gasteiger partial charge is 0.260 e. The highest BCUT2D eigenvalue weighted by molar-refractivity contribution is 7.18. The predicted octanol–water partition coefficient (Wildman–Crippen LogP) is 4.51. The van der Waals surface area contributed by atoms with Gasteiger partial charge in [-0.3, -0.25) is 9.69 Å². The Morgan fingerprint density at radius 3 is 2.83 bits per heavy atom. The van der Waals surface area contributed by atoms with Crippen LogP contribution in [0.15, 0.2) is 27.7 Å². The van der Waals surface area contributed by atoms with Gasteiger partial charge in [-0.2, -0.15) is 0 Å². The van der Waals surface area contributed by atoms with Gasteiger partial charge >= 0.3 is 0 Å². The summed E-state index contributed by atoms with van der Waals surface area (Å²) in [6.45, 7) is 6.61. The van der Waals surface area contributed by atoms with E-state index in [1.54, 1.807) is 22.7 Å². The Bertz CT molecular complexity index is 889. The van der Waals surface area contributed by atoms with Crippen molar-refractivity contribution < 1.29 is 0 Å². The fourth-order valence-electron chi connectivity index (χ4n) is 3.37. The molecule has 1 saturated heterocycles. The summed E-state index contributed by atoms with van der Waals surface area (Å²) in [5.41, 5.74) is 0.988. The molecule has 6 heteroatoms. The van der Waals surface area contributed by atoms with Gasteiger partial charge in [-0.25, -0.2) is 4.98 Å². The third-order valence-corrected chi connectivity index (χ3v) is 6.79. The number of nitrogens with one attached hydrogen (secondary N) is 1. The Balaban J connectivity index is 1.70. The van der Waals surface area contributed by atoms with Gasteiger partial charge in [-0.1, -0.05) is 13.0 Å². The van der Waals surface area contributed by atoms with Crippen molar-refractivity contribution in [2.24, 2.45) is 5.92 Å². The van der Waals surface area contributed by atoms with Gasteiger partial charge in [0.25, 0.3) is 5.56 Å². The van der Waals surface area contributed by atoms with E-state index in [4.69, 9.17) is 4.98 Å². The van der Waals surface area contributed by atoms with Crippen LogP contribution < -0.4 is 5.56 Å². The number of nitrogens with zero attached hydrogens (tertiary/aromatic N) is 2. The minimum Gasteiger partial charge on any atom is -0.309 e. The van der Waals surface area contributed by atoms with Gasteiger partial charge in [0.1, 0.15) is 10.7 Å². The minimum absolute atomic E-state index is 0.0168. The monoisotopic (exact) mass is 359 g/mol. The Hall–Kier alpha value is -1.50. The van der Waals surface area contributed by atoms with E-state index < -0.39 is 0 Å². The van der Waals surface area contributed by atoms with E-state index in [2.05, 4.69) is 35.2 Å². The predicted molar refractivity (Wildman–Crippen MR) is 102 cm³/mol. The van der Waals surface area contributed by atoms with Crippen LogP contribution in [0.25, 0.3) is 20.7 Å². The van der Waals surface area contributed by atoms with Gasteiger partial charge in [0.15, 0.2) is 0 Å². The molecule has 3 aromatic rings. The molecule has 1 aliphatic rings. The van der Waals surface area contributed by atoms with E-state index in [0.717, 1.165) is 45.5 Å². The fourth-order valence-corrected chi connectivity index (χ4v) is 5.13. The lowest BCUT2D eigenvalue weighted by molar-refractivity contribution is 0.142. The third-order valence-electron chi connectivity index (χ3n) is 5.01. The molecule has 1 aliphatic heterocycles. The SMILES string of the molecule is CC1CCN([C@@H](C)c2nc3scc(-c4cccs4)c3c(=O)[nH]2)CC1. The van der Waals surface area contributed by atoms with Crippen LogP contribution >= 0.6 is 22.7 Å². The lowest BCUT2D eigenvalue weighted by Crippen LogP contribution is -2.36. The van der Waals surface area contributed by atoms with Crippen molar-refractivity contribution in [1.29, 1.82) is 0 Å². The number of H-pyrrole nitrogens is 1. The highest BCUT2D eigenvalue weighted by atomic mass is 32.1. The molecule has 0 unspecified atom stereocenters. The van der Waals surface area contributed by atoms with Gasteiger partial charge in [0.05, 0.1) is 11.4 Å². The van der Waals surface area contributed by atoms with Gasteiger partial charge < -0.3 is 4.98 Å². The minimum atomic E-state index is -0.0168. The normalized spacial score (nSPS) is 18.2. The molecule has 0 amide bonds. The standard InChI is InChI=1S/C18H21N3OS2/c1-11-5-7-21(8-6-11)12(2)16-19-17(22)15-13(10-24-18(15)20-16)14-4-3-9-23-14/h3-4,9-12H,5-8H2,1-2H3,(H,19,20,22)/t12-/m0/s1.